The molecule has 2 aliphatic carbocycles. The number of aromatic hydroxyl groups is 2. The van der Waals surface area contributed by atoms with Gasteiger partial charge in [-0.05, 0) is 6.07 Å². The highest BCUT2D eigenvalue weighted by Crippen LogP contribution is 2.52. The first-order valence-corrected chi connectivity index (χ1v) is 12.0. The van der Waals surface area contributed by atoms with Gasteiger partial charge in [-0.25, -0.2) is 0 Å². The number of ketones is 3. The summed E-state index contributed by atoms with van der Waals surface area (Å²) in [5, 5.41) is 53.2. The Morgan fingerprint density at radius 1 is 1.16 bits per heavy atom. The number of benzene rings is 2. The van der Waals surface area contributed by atoms with Gasteiger partial charge in [0.2, 0.25) is 5.78 Å². The van der Waals surface area contributed by atoms with Crippen LogP contribution in [0.3, 0.4) is 0 Å². The third-order valence-corrected chi connectivity index (χ3v) is 7.47. The molecule has 2 aromatic rings. The quantitative estimate of drug-likeness (QED) is 0.234. The summed E-state index contributed by atoms with van der Waals surface area (Å²) in [6, 6.07) is 3.66. The maximum absolute atomic E-state index is 13.6. The predicted octanol–water partition coefficient (Wildman–Crippen LogP) is -0.387. The third-order valence-electron chi connectivity index (χ3n) is 7.47. The lowest BCUT2D eigenvalue weighted by Crippen LogP contribution is -2.50. The lowest BCUT2D eigenvalue weighted by molar-refractivity contribution is -0.223. The number of Topliss-reactive ketones (excluding diaryl/α,β-unsaturated/α-hetero) is 1. The van der Waals surface area contributed by atoms with Gasteiger partial charge in [0.15, 0.2) is 17.9 Å². The Hall–Kier alpha value is -3.39. The van der Waals surface area contributed by atoms with E-state index >= 15 is 0 Å². The Balaban J connectivity index is 1.69. The number of fused-ring (bicyclic) bond motifs is 3. The number of phenolic OH excluding ortho intramolecular Hbond substituents is 2. The average Bonchev–Trinajstić information content (AvgIpc) is 2.90. The molecule has 12 heteroatoms. The Morgan fingerprint density at radius 3 is 2.53 bits per heavy atom. The summed E-state index contributed by atoms with van der Waals surface area (Å²) < 4.78 is 16.7. The second-order valence-electron chi connectivity index (χ2n) is 9.73. The number of hydrogen-bond acceptors (Lipinski definition) is 12. The molecule has 2 aromatic carbocycles. The minimum absolute atomic E-state index is 0.0268. The van der Waals surface area contributed by atoms with Crippen molar-refractivity contribution in [2.45, 2.75) is 49.4 Å². The van der Waals surface area contributed by atoms with Crippen LogP contribution in [0.25, 0.3) is 0 Å². The number of phenols is 2. The maximum atomic E-state index is 13.6. The summed E-state index contributed by atoms with van der Waals surface area (Å²) in [6.45, 7) is -1.17. The fourth-order valence-electron chi connectivity index (χ4n) is 5.45. The number of methoxy groups -OCH3 is 1. The molecule has 0 spiro atoms. The molecular formula is C26H27NO11. The van der Waals surface area contributed by atoms with Gasteiger partial charge in [-0.3, -0.25) is 14.4 Å². The number of nitrogens with two attached hydrogens (primary N) is 1. The molecule has 1 heterocycles. The van der Waals surface area contributed by atoms with E-state index in [1.165, 1.54) is 25.3 Å². The van der Waals surface area contributed by atoms with Crippen molar-refractivity contribution in [1.29, 1.82) is 0 Å². The standard InChI is InChI=1S/C26H27NO11/c1-36-14-4-2-3-10-18(14)24(33)21-20(22(10)31)23(32)11-6-26(35,16(30)8-28)7-15(19(11)25(21)34)38-17-5-12(27)13(29)9-37-17/h2-4,12-13,15,17,28-29,32,34-35H,5-9,27H2,1H3/t12-,13+,15?,17?,26-/m0/s1. The van der Waals surface area contributed by atoms with Crippen LogP contribution in [0.15, 0.2) is 18.2 Å². The van der Waals surface area contributed by atoms with Gasteiger partial charge in [0.1, 0.15) is 29.5 Å². The predicted molar refractivity (Wildman–Crippen MR) is 127 cm³/mol. The van der Waals surface area contributed by atoms with Crippen LogP contribution in [-0.4, -0.2) is 87.2 Å². The lowest BCUT2D eigenvalue weighted by Gasteiger charge is -2.41. The molecule has 5 atom stereocenters. The molecule has 0 bridgehead atoms. The highest BCUT2D eigenvalue weighted by molar-refractivity contribution is 6.31. The molecular weight excluding hydrogens is 502 g/mol. The van der Waals surface area contributed by atoms with Crippen molar-refractivity contribution >= 4 is 17.3 Å². The molecule has 38 heavy (non-hydrogen) atoms. The van der Waals surface area contributed by atoms with Crippen LogP contribution in [0, 0.1) is 0 Å². The average molecular weight is 529 g/mol. The highest BCUT2D eigenvalue weighted by atomic mass is 16.7. The molecule has 1 saturated heterocycles. The number of hydrogen-bond donors (Lipinski definition) is 6. The van der Waals surface area contributed by atoms with E-state index in [-0.39, 0.29) is 41.0 Å². The summed E-state index contributed by atoms with van der Waals surface area (Å²) in [7, 11) is 1.32. The van der Waals surface area contributed by atoms with Crippen LogP contribution in [0.2, 0.25) is 0 Å². The second kappa shape index (κ2) is 9.42. The SMILES string of the molecule is COc1cccc2c1C(=O)c1c(O)c3c(c(O)c1C2=O)C[C@@](O)(C(=O)CO)CC3OC1C[C@H](N)[C@H](O)CO1. The molecule has 5 rings (SSSR count). The smallest absolute Gasteiger partial charge is 0.202 e. The lowest BCUT2D eigenvalue weighted by atomic mass is 9.72. The van der Waals surface area contributed by atoms with E-state index in [0.29, 0.717) is 0 Å². The molecule has 1 fully saturated rings. The van der Waals surface area contributed by atoms with Gasteiger partial charge in [-0.1, -0.05) is 12.1 Å². The number of rotatable bonds is 5. The zero-order valence-corrected chi connectivity index (χ0v) is 20.3. The first-order chi connectivity index (χ1) is 18.0. The Bertz CT molecular complexity index is 1360. The summed E-state index contributed by atoms with van der Waals surface area (Å²) in [6.07, 6.45) is -4.31. The van der Waals surface area contributed by atoms with Gasteiger partial charge in [-0.15, -0.1) is 0 Å². The van der Waals surface area contributed by atoms with E-state index < -0.39 is 89.6 Å². The van der Waals surface area contributed by atoms with Crippen molar-refractivity contribution in [2.75, 3.05) is 20.3 Å². The summed E-state index contributed by atoms with van der Waals surface area (Å²) >= 11 is 0. The van der Waals surface area contributed by atoms with Crippen LogP contribution >= 0.6 is 0 Å². The van der Waals surface area contributed by atoms with Crippen molar-refractivity contribution < 1.29 is 54.1 Å². The molecule has 0 saturated carbocycles. The van der Waals surface area contributed by atoms with Crippen LogP contribution in [0.5, 0.6) is 17.2 Å². The summed E-state index contributed by atoms with van der Waals surface area (Å²) in [5.41, 5.74) is 2.30. The first kappa shape index (κ1) is 26.2. The molecule has 7 N–H and O–H groups in total. The minimum atomic E-state index is -2.23. The molecule has 0 radical (unpaired) electrons. The van der Waals surface area contributed by atoms with Crippen molar-refractivity contribution in [1.82, 2.24) is 0 Å². The highest BCUT2D eigenvalue weighted by Gasteiger charge is 2.49. The van der Waals surface area contributed by atoms with Crippen LogP contribution < -0.4 is 10.5 Å². The zero-order chi connectivity index (χ0) is 27.5. The number of aliphatic hydroxyl groups excluding tert-OH is 2. The van der Waals surface area contributed by atoms with E-state index in [9.17, 15) is 39.9 Å². The van der Waals surface area contributed by atoms with Crippen molar-refractivity contribution in [3.05, 3.63) is 51.6 Å². The van der Waals surface area contributed by atoms with Gasteiger partial charge in [-0.2, -0.15) is 0 Å². The molecule has 1 aliphatic heterocycles. The largest absolute Gasteiger partial charge is 0.507 e. The summed E-state index contributed by atoms with van der Waals surface area (Å²) in [4.78, 5) is 39.6. The summed E-state index contributed by atoms with van der Waals surface area (Å²) in [5.74, 6) is -3.77. The van der Waals surface area contributed by atoms with Gasteiger partial charge in [0, 0.05) is 42.0 Å². The molecule has 2 unspecified atom stereocenters. The maximum Gasteiger partial charge on any atom is 0.202 e. The first-order valence-electron chi connectivity index (χ1n) is 12.0. The van der Waals surface area contributed by atoms with Crippen LogP contribution in [-0.2, 0) is 20.7 Å². The van der Waals surface area contributed by atoms with Gasteiger partial charge in [0.25, 0.3) is 0 Å². The minimum Gasteiger partial charge on any atom is -0.507 e. The molecule has 0 amide bonds. The van der Waals surface area contributed by atoms with Gasteiger partial charge >= 0.3 is 0 Å². The van der Waals surface area contributed by atoms with Gasteiger partial charge < -0.3 is 45.5 Å². The molecule has 0 aromatic heterocycles. The Kier molecular flexibility index (Phi) is 6.50. The second-order valence-corrected chi connectivity index (χ2v) is 9.73. The normalized spacial score (nSPS) is 28.3. The van der Waals surface area contributed by atoms with Crippen molar-refractivity contribution in [3.8, 4) is 17.2 Å². The topological polar surface area (TPSA) is 206 Å². The van der Waals surface area contributed by atoms with Gasteiger partial charge in [0.05, 0.1) is 42.6 Å². The van der Waals surface area contributed by atoms with E-state index in [2.05, 4.69) is 0 Å². The van der Waals surface area contributed by atoms with E-state index in [1.807, 2.05) is 0 Å². The zero-order valence-electron chi connectivity index (χ0n) is 20.3. The van der Waals surface area contributed by atoms with Crippen LogP contribution in [0.1, 0.15) is 61.9 Å². The fourth-order valence-corrected chi connectivity index (χ4v) is 5.45. The number of carbonyl (C=O) groups excluding carboxylic acids is 3. The number of ether oxygens (including phenoxy) is 3. The fraction of sp³-hybridized carbons (Fsp3) is 0.423. The molecule has 12 nitrogen and oxygen atoms in total. The van der Waals surface area contributed by atoms with E-state index in [0.717, 1.165) is 0 Å². The Labute approximate surface area is 216 Å². The van der Waals surface area contributed by atoms with Crippen molar-refractivity contribution in [3.63, 3.8) is 0 Å². The van der Waals surface area contributed by atoms with E-state index in [4.69, 9.17) is 19.9 Å². The third kappa shape index (κ3) is 3.88. The Morgan fingerprint density at radius 2 is 1.87 bits per heavy atom. The van der Waals surface area contributed by atoms with E-state index in [1.54, 1.807) is 0 Å². The number of carbonyl (C=O) groups is 3. The van der Waals surface area contributed by atoms with Crippen LogP contribution in [0.4, 0.5) is 0 Å². The number of aliphatic hydroxyl groups is 3. The molecule has 202 valence electrons. The van der Waals surface area contributed by atoms with Crippen molar-refractivity contribution in [2.24, 2.45) is 5.73 Å². The monoisotopic (exact) mass is 529 g/mol. The molecule has 3 aliphatic rings.